The van der Waals surface area contributed by atoms with Gasteiger partial charge in [0.15, 0.2) is 0 Å². The summed E-state index contributed by atoms with van der Waals surface area (Å²) >= 11 is 0. The summed E-state index contributed by atoms with van der Waals surface area (Å²) in [7, 11) is 0. The van der Waals surface area contributed by atoms with Crippen LogP contribution in [-0.4, -0.2) is 28.6 Å². The first-order valence-corrected chi connectivity index (χ1v) is 6.33. The number of pyridine rings is 1. The van der Waals surface area contributed by atoms with E-state index >= 15 is 0 Å². The molecule has 0 bridgehead atoms. The van der Waals surface area contributed by atoms with Crippen molar-refractivity contribution in [3.8, 4) is 0 Å². The van der Waals surface area contributed by atoms with E-state index in [9.17, 15) is 9.59 Å². The molecule has 2 N–H and O–H groups in total. The fraction of sp³-hybridized carbons (Fsp3) is 0.133. The number of aryl methyl sites for hydroxylation is 1. The summed E-state index contributed by atoms with van der Waals surface area (Å²) in [4.78, 5) is 28.3. The third kappa shape index (κ3) is 4.04. The van der Waals surface area contributed by atoms with Crippen molar-refractivity contribution < 1.29 is 14.7 Å². The number of carboxylic acids is 1. The minimum absolute atomic E-state index is 0.421. The molecule has 0 saturated carbocycles. The van der Waals surface area contributed by atoms with Gasteiger partial charge >= 0.3 is 12.0 Å². The van der Waals surface area contributed by atoms with Gasteiger partial charge in [0.25, 0.3) is 0 Å². The first kappa shape index (κ1) is 14.5. The number of anilines is 2. The Bertz CT molecular complexity index is 626. The Morgan fingerprint density at radius 2 is 1.95 bits per heavy atom. The molecule has 108 valence electrons. The standard InChI is InChI=1S/C15H15N3O3/c1-11-4-6-13(7-5-11)18(10-14(19)20)15(21)17-12-3-2-8-16-9-12/h2-9H,10H2,1H3,(H,17,21)(H,19,20). The predicted molar refractivity (Wildman–Crippen MR) is 79.4 cm³/mol. The van der Waals surface area contributed by atoms with Crippen LogP contribution in [0.3, 0.4) is 0 Å². The summed E-state index contributed by atoms with van der Waals surface area (Å²) in [6.45, 7) is 1.50. The second-order valence-corrected chi connectivity index (χ2v) is 4.49. The van der Waals surface area contributed by atoms with Gasteiger partial charge in [-0.2, -0.15) is 0 Å². The summed E-state index contributed by atoms with van der Waals surface area (Å²) in [5.41, 5.74) is 2.05. The van der Waals surface area contributed by atoms with Gasteiger partial charge in [0.05, 0.1) is 11.9 Å². The highest BCUT2D eigenvalue weighted by Gasteiger charge is 2.18. The monoisotopic (exact) mass is 285 g/mol. The normalized spacial score (nSPS) is 9.95. The number of carbonyl (C=O) groups excluding carboxylic acids is 1. The lowest BCUT2D eigenvalue weighted by atomic mass is 10.2. The number of aromatic nitrogens is 1. The van der Waals surface area contributed by atoms with E-state index in [0.29, 0.717) is 11.4 Å². The van der Waals surface area contributed by atoms with Crippen LogP contribution in [0.25, 0.3) is 0 Å². The number of carboxylic acid groups (broad SMARTS) is 1. The van der Waals surface area contributed by atoms with Gasteiger partial charge in [-0.15, -0.1) is 0 Å². The topological polar surface area (TPSA) is 82.5 Å². The zero-order chi connectivity index (χ0) is 15.2. The number of amides is 2. The Labute approximate surface area is 122 Å². The van der Waals surface area contributed by atoms with Gasteiger partial charge in [0.1, 0.15) is 6.54 Å². The van der Waals surface area contributed by atoms with Crippen molar-refractivity contribution in [2.24, 2.45) is 0 Å². The molecule has 0 fully saturated rings. The van der Waals surface area contributed by atoms with Crippen LogP contribution in [-0.2, 0) is 4.79 Å². The van der Waals surface area contributed by atoms with Crippen molar-refractivity contribution in [2.75, 3.05) is 16.8 Å². The number of benzene rings is 1. The van der Waals surface area contributed by atoms with Crippen molar-refractivity contribution in [1.82, 2.24) is 4.98 Å². The van der Waals surface area contributed by atoms with E-state index in [2.05, 4.69) is 10.3 Å². The minimum Gasteiger partial charge on any atom is -0.480 e. The zero-order valence-electron chi connectivity index (χ0n) is 11.5. The molecule has 0 aliphatic carbocycles. The Hall–Kier alpha value is -2.89. The smallest absolute Gasteiger partial charge is 0.326 e. The predicted octanol–water partition coefficient (Wildman–Crippen LogP) is 2.51. The molecule has 6 heteroatoms. The molecule has 0 spiro atoms. The van der Waals surface area contributed by atoms with Crippen LogP contribution < -0.4 is 10.2 Å². The Morgan fingerprint density at radius 1 is 1.24 bits per heavy atom. The molecule has 0 aliphatic rings. The molecule has 6 nitrogen and oxygen atoms in total. The molecule has 0 radical (unpaired) electrons. The minimum atomic E-state index is -1.09. The van der Waals surface area contributed by atoms with Crippen molar-refractivity contribution in [2.45, 2.75) is 6.92 Å². The summed E-state index contributed by atoms with van der Waals surface area (Å²) < 4.78 is 0. The average molecular weight is 285 g/mol. The van der Waals surface area contributed by atoms with Gasteiger partial charge in [-0.05, 0) is 31.2 Å². The lowest BCUT2D eigenvalue weighted by Gasteiger charge is -2.21. The van der Waals surface area contributed by atoms with E-state index in [4.69, 9.17) is 5.11 Å². The maximum Gasteiger partial charge on any atom is 0.326 e. The number of rotatable bonds is 4. The van der Waals surface area contributed by atoms with Crippen LogP contribution in [0.5, 0.6) is 0 Å². The van der Waals surface area contributed by atoms with E-state index in [-0.39, 0.29) is 0 Å². The van der Waals surface area contributed by atoms with Crippen LogP contribution >= 0.6 is 0 Å². The van der Waals surface area contributed by atoms with E-state index in [0.717, 1.165) is 10.5 Å². The van der Waals surface area contributed by atoms with Crippen molar-refractivity contribution in [3.63, 3.8) is 0 Å². The highest BCUT2D eigenvalue weighted by atomic mass is 16.4. The van der Waals surface area contributed by atoms with Crippen LogP contribution in [0.2, 0.25) is 0 Å². The molecule has 0 atom stereocenters. The van der Waals surface area contributed by atoms with Crippen molar-refractivity contribution in [3.05, 3.63) is 54.4 Å². The van der Waals surface area contributed by atoms with E-state index in [1.807, 2.05) is 19.1 Å². The molecule has 2 aromatic rings. The van der Waals surface area contributed by atoms with E-state index in [1.165, 1.54) is 6.20 Å². The molecule has 1 aromatic heterocycles. The van der Waals surface area contributed by atoms with Crippen LogP contribution in [0.4, 0.5) is 16.2 Å². The van der Waals surface area contributed by atoms with Crippen molar-refractivity contribution in [1.29, 1.82) is 0 Å². The van der Waals surface area contributed by atoms with Crippen LogP contribution in [0.1, 0.15) is 5.56 Å². The van der Waals surface area contributed by atoms with Gasteiger partial charge in [0, 0.05) is 11.9 Å². The molecule has 1 heterocycles. The lowest BCUT2D eigenvalue weighted by Crippen LogP contribution is -2.38. The Balaban J connectivity index is 2.21. The fourth-order valence-electron chi connectivity index (χ4n) is 1.77. The van der Waals surface area contributed by atoms with Gasteiger partial charge in [-0.1, -0.05) is 17.7 Å². The van der Waals surface area contributed by atoms with Crippen molar-refractivity contribution >= 4 is 23.4 Å². The molecule has 0 saturated heterocycles. The number of aliphatic carboxylic acids is 1. The first-order chi connectivity index (χ1) is 10.1. The van der Waals surface area contributed by atoms with Gasteiger partial charge in [-0.3, -0.25) is 14.7 Å². The lowest BCUT2D eigenvalue weighted by molar-refractivity contribution is -0.135. The maximum absolute atomic E-state index is 12.3. The molecule has 21 heavy (non-hydrogen) atoms. The van der Waals surface area contributed by atoms with Crippen LogP contribution in [0.15, 0.2) is 48.8 Å². The number of hydrogen-bond donors (Lipinski definition) is 2. The largest absolute Gasteiger partial charge is 0.480 e. The summed E-state index contributed by atoms with van der Waals surface area (Å²) in [6, 6.07) is 9.90. The molecular weight excluding hydrogens is 270 g/mol. The van der Waals surface area contributed by atoms with Gasteiger partial charge < -0.3 is 10.4 Å². The summed E-state index contributed by atoms with van der Waals surface area (Å²) in [5.74, 6) is -1.09. The highest BCUT2D eigenvalue weighted by molar-refractivity contribution is 6.04. The zero-order valence-corrected chi connectivity index (χ0v) is 11.5. The average Bonchev–Trinajstić information content (AvgIpc) is 2.46. The number of urea groups is 1. The molecule has 0 unspecified atom stereocenters. The van der Waals surface area contributed by atoms with Crippen LogP contribution in [0, 0.1) is 6.92 Å². The SMILES string of the molecule is Cc1ccc(N(CC(=O)O)C(=O)Nc2cccnc2)cc1. The Morgan fingerprint density at radius 3 is 2.52 bits per heavy atom. The number of hydrogen-bond acceptors (Lipinski definition) is 3. The number of nitrogens with zero attached hydrogens (tertiary/aromatic N) is 2. The summed E-state index contributed by atoms with van der Waals surface area (Å²) in [6.07, 6.45) is 3.08. The second kappa shape index (κ2) is 6.51. The molecule has 0 aliphatic heterocycles. The maximum atomic E-state index is 12.3. The van der Waals surface area contributed by atoms with E-state index in [1.54, 1.807) is 30.5 Å². The molecular formula is C15H15N3O3. The first-order valence-electron chi connectivity index (χ1n) is 6.33. The number of carbonyl (C=O) groups is 2. The quantitative estimate of drug-likeness (QED) is 0.904. The third-order valence-corrected chi connectivity index (χ3v) is 2.80. The molecule has 2 amide bonds. The fourth-order valence-corrected chi connectivity index (χ4v) is 1.77. The van der Waals surface area contributed by atoms with Gasteiger partial charge in [0.2, 0.25) is 0 Å². The summed E-state index contributed by atoms with van der Waals surface area (Å²) in [5, 5.41) is 11.6. The van der Waals surface area contributed by atoms with E-state index < -0.39 is 18.5 Å². The molecule has 1 aromatic carbocycles. The number of nitrogens with one attached hydrogen (secondary N) is 1. The third-order valence-electron chi connectivity index (χ3n) is 2.80. The van der Waals surface area contributed by atoms with Gasteiger partial charge in [-0.25, -0.2) is 4.79 Å². The second-order valence-electron chi connectivity index (χ2n) is 4.49. The highest BCUT2D eigenvalue weighted by Crippen LogP contribution is 2.16. The Kier molecular flexibility index (Phi) is 4.50. The molecule has 2 rings (SSSR count).